The van der Waals surface area contributed by atoms with Crippen LogP contribution in [0.3, 0.4) is 0 Å². The normalized spacial score (nSPS) is 14.9. The molecule has 1 aromatic heterocycles. The number of hydrogen-bond acceptors (Lipinski definition) is 1. The molecule has 0 radical (unpaired) electrons. The molecule has 0 saturated heterocycles. The van der Waals surface area contributed by atoms with Crippen molar-refractivity contribution in [1.29, 1.82) is 0 Å². The summed E-state index contributed by atoms with van der Waals surface area (Å²) in [4.78, 5) is 14.2. The van der Waals surface area contributed by atoms with Gasteiger partial charge in [0.1, 0.15) is 11.6 Å². The van der Waals surface area contributed by atoms with Crippen molar-refractivity contribution in [3.8, 4) is 0 Å². The van der Waals surface area contributed by atoms with Crippen LogP contribution in [0.15, 0.2) is 17.6 Å². The first-order chi connectivity index (χ1) is 7.58. The highest BCUT2D eigenvalue weighted by molar-refractivity contribution is 5.78. The van der Waals surface area contributed by atoms with E-state index in [0.29, 0.717) is 12.8 Å². The zero-order valence-corrected chi connectivity index (χ0v) is 9.43. The lowest BCUT2D eigenvalue weighted by Crippen LogP contribution is -2.25. The van der Waals surface area contributed by atoms with Gasteiger partial charge in [-0.3, -0.25) is 4.79 Å². The summed E-state index contributed by atoms with van der Waals surface area (Å²) in [6.07, 6.45) is 6.21. The second kappa shape index (κ2) is 4.08. The summed E-state index contributed by atoms with van der Waals surface area (Å²) in [6.45, 7) is 3.32. The molecule has 0 aromatic carbocycles. The number of allylic oxidation sites excluding steroid dienone is 2. The van der Waals surface area contributed by atoms with Gasteiger partial charge in [0.15, 0.2) is 0 Å². The van der Waals surface area contributed by atoms with E-state index in [1.54, 1.807) is 13.1 Å². The van der Waals surface area contributed by atoms with Gasteiger partial charge in [0, 0.05) is 23.2 Å². The molecule has 1 aliphatic rings. The van der Waals surface area contributed by atoms with Crippen molar-refractivity contribution >= 4 is 17.9 Å². The lowest BCUT2D eigenvalue weighted by atomic mass is 10.1. The Labute approximate surface area is 93.2 Å². The first-order valence-electron chi connectivity index (χ1n) is 5.31. The Morgan fingerprint density at radius 1 is 1.56 bits per heavy atom. The summed E-state index contributed by atoms with van der Waals surface area (Å²) in [7, 11) is 0. The third-order valence-corrected chi connectivity index (χ3v) is 2.77. The first-order valence-corrected chi connectivity index (χ1v) is 5.31. The maximum Gasteiger partial charge on any atom is 0.134 e. The Bertz CT molecular complexity index is 578. The Hall–Kier alpha value is -1.64. The zero-order chi connectivity index (χ0) is 11.7. The number of Topliss-reactive ketones (excluding diaryl/α,β-unsaturated/α-hetero) is 1. The molecule has 0 bridgehead atoms. The third-order valence-electron chi connectivity index (χ3n) is 2.77. The van der Waals surface area contributed by atoms with Crippen LogP contribution in [0.4, 0.5) is 4.39 Å². The number of aromatic nitrogens is 1. The lowest BCUT2D eigenvalue weighted by molar-refractivity contribution is -0.116. The van der Waals surface area contributed by atoms with Crippen molar-refractivity contribution in [1.82, 2.24) is 4.98 Å². The van der Waals surface area contributed by atoms with Gasteiger partial charge in [-0.05, 0) is 37.5 Å². The molecular weight excluding hydrogens is 205 g/mol. The quantitative estimate of drug-likeness (QED) is 0.800. The summed E-state index contributed by atoms with van der Waals surface area (Å²) >= 11 is 0. The first kappa shape index (κ1) is 10.9. The molecule has 16 heavy (non-hydrogen) atoms. The van der Waals surface area contributed by atoms with E-state index in [-0.39, 0.29) is 11.6 Å². The smallest absolute Gasteiger partial charge is 0.134 e. The van der Waals surface area contributed by atoms with E-state index in [1.165, 1.54) is 13.0 Å². The number of carbonyl (C=O) groups excluding carboxylic acids is 1. The molecule has 0 saturated carbocycles. The number of H-pyrrole nitrogens is 1. The molecule has 0 spiro atoms. The average molecular weight is 219 g/mol. The van der Waals surface area contributed by atoms with Crippen LogP contribution in [-0.4, -0.2) is 10.8 Å². The highest BCUT2D eigenvalue weighted by atomic mass is 19.1. The van der Waals surface area contributed by atoms with Gasteiger partial charge in [0.2, 0.25) is 0 Å². The average Bonchev–Trinajstić information content (AvgIpc) is 2.50. The second-order valence-electron chi connectivity index (χ2n) is 4.20. The molecule has 0 aliphatic heterocycles. The predicted molar refractivity (Wildman–Crippen MR) is 61.8 cm³/mol. The van der Waals surface area contributed by atoms with E-state index in [4.69, 9.17) is 0 Å². The van der Waals surface area contributed by atoms with Gasteiger partial charge in [0.25, 0.3) is 0 Å². The van der Waals surface area contributed by atoms with Gasteiger partial charge in [-0.25, -0.2) is 4.39 Å². The van der Waals surface area contributed by atoms with Crippen molar-refractivity contribution < 1.29 is 9.18 Å². The van der Waals surface area contributed by atoms with Crippen molar-refractivity contribution in [2.75, 3.05) is 0 Å². The van der Waals surface area contributed by atoms with Crippen LogP contribution in [0, 0.1) is 0 Å². The fourth-order valence-corrected chi connectivity index (χ4v) is 1.85. The molecule has 2 nitrogen and oxygen atoms in total. The number of rotatable bonds is 2. The van der Waals surface area contributed by atoms with Gasteiger partial charge in [-0.15, -0.1) is 0 Å². The van der Waals surface area contributed by atoms with Crippen LogP contribution in [-0.2, 0) is 11.2 Å². The van der Waals surface area contributed by atoms with Crippen LogP contribution in [0.5, 0.6) is 0 Å². The molecule has 3 heteroatoms. The maximum atomic E-state index is 13.6. The molecular formula is C13H14FNO. The molecule has 2 rings (SSSR count). The summed E-state index contributed by atoms with van der Waals surface area (Å²) < 4.78 is 13.6. The van der Waals surface area contributed by atoms with Gasteiger partial charge >= 0.3 is 0 Å². The molecule has 1 aliphatic carbocycles. The molecule has 0 fully saturated rings. The van der Waals surface area contributed by atoms with Crippen molar-refractivity contribution in [3.63, 3.8) is 0 Å². The minimum absolute atomic E-state index is 0.0838. The van der Waals surface area contributed by atoms with Gasteiger partial charge in [-0.2, -0.15) is 0 Å². The van der Waals surface area contributed by atoms with Gasteiger partial charge in [-0.1, -0.05) is 6.08 Å². The van der Waals surface area contributed by atoms with Crippen molar-refractivity contribution in [2.24, 2.45) is 0 Å². The molecule has 1 N–H and O–H groups in total. The minimum atomic E-state index is -0.195. The number of carbonyl (C=O) groups is 1. The van der Waals surface area contributed by atoms with E-state index < -0.39 is 0 Å². The number of nitrogens with one attached hydrogen (secondary N) is 1. The molecule has 1 aromatic rings. The van der Waals surface area contributed by atoms with Crippen LogP contribution in [0.2, 0.25) is 0 Å². The largest absolute Gasteiger partial charge is 0.361 e. The highest BCUT2D eigenvalue weighted by Crippen LogP contribution is 2.13. The maximum absolute atomic E-state index is 13.6. The Balaban J connectivity index is 2.60. The number of halogens is 1. The Morgan fingerprint density at radius 2 is 2.31 bits per heavy atom. The van der Waals surface area contributed by atoms with Gasteiger partial charge < -0.3 is 4.98 Å². The molecule has 84 valence electrons. The van der Waals surface area contributed by atoms with Crippen LogP contribution in [0.1, 0.15) is 25.8 Å². The lowest BCUT2D eigenvalue weighted by Gasteiger charge is -1.94. The van der Waals surface area contributed by atoms with E-state index in [0.717, 1.165) is 21.7 Å². The number of aromatic amines is 1. The van der Waals surface area contributed by atoms with E-state index >= 15 is 0 Å². The number of hydrogen-bond donors (Lipinski definition) is 1. The van der Waals surface area contributed by atoms with E-state index in [2.05, 4.69) is 4.98 Å². The van der Waals surface area contributed by atoms with E-state index in [1.807, 2.05) is 6.08 Å². The van der Waals surface area contributed by atoms with Gasteiger partial charge in [0.05, 0.1) is 0 Å². The van der Waals surface area contributed by atoms with E-state index in [9.17, 15) is 9.18 Å². The zero-order valence-electron chi connectivity index (χ0n) is 9.43. The Morgan fingerprint density at radius 3 is 3.00 bits per heavy atom. The summed E-state index contributed by atoms with van der Waals surface area (Å²) in [5.41, 5.74) is 1.59. The summed E-state index contributed by atoms with van der Waals surface area (Å²) in [6, 6.07) is 0. The topological polar surface area (TPSA) is 32.9 Å². The summed E-state index contributed by atoms with van der Waals surface area (Å²) in [5, 5.41) is 1.72. The standard InChI is InChI=1S/C13H14FNO/c1-8-3-4-13-11(6-12(8)14)10(7-15-13)5-9(2)16/h4,6-7,15H,3,5H2,1-2H3. The third kappa shape index (κ3) is 1.98. The van der Waals surface area contributed by atoms with Crippen molar-refractivity contribution in [2.45, 2.75) is 26.7 Å². The molecule has 0 atom stereocenters. The van der Waals surface area contributed by atoms with Crippen LogP contribution >= 0.6 is 0 Å². The monoisotopic (exact) mass is 219 g/mol. The fraction of sp³-hybridized carbons (Fsp3) is 0.308. The molecule has 0 unspecified atom stereocenters. The molecule has 0 amide bonds. The summed E-state index contributed by atoms with van der Waals surface area (Å²) in [5.74, 6) is -0.111. The van der Waals surface area contributed by atoms with Crippen molar-refractivity contribution in [3.05, 3.63) is 33.7 Å². The molecule has 1 heterocycles. The van der Waals surface area contributed by atoms with Crippen LogP contribution < -0.4 is 10.6 Å². The SMILES string of the molecule is CC(=O)Cc1c[nH]c2c1=CC(F)=C(C)CC=2. The number of fused-ring (bicyclic) bond motifs is 1. The fourth-order valence-electron chi connectivity index (χ4n) is 1.85. The Kier molecular flexibility index (Phi) is 2.77. The number of ketones is 1. The minimum Gasteiger partial charge on any atom is -0.361 e. The highest BCUT2D eigenvalue weighted by Gasteiger charge is 2.07. The second-order valence-corrected chi connectivity index (χ2v) is 4.20. The predicted octanol–water partition coefficient (Wildman–Crippen LogP) is 1.35. The van der Waals surface area contributed by atoms with Crippen LogP contribution in [0.25, 0.3) is 12.2 Å².